The van der Waals surface area contributed by atoms with Gasteiger partial charge in [-0.25, -0.2) is 8.42 Å². The van der Waals surface area contributed by atoms with Crippen molar-refractivity contribution in [3.05, 3.63) is 65.7 Å². The van der Waals surface area contributed by atoms with Gasteiger partial charge in [-0.15, -0.1) is 0 Å². The highest BCUT2D eigenvalue weighted by molar-refractivity contribution is 7.89. The lowest BCUT2D eigenvalue weighted by Crippen LogP contribution is -2.41. The second kappa shape index (κ2) is 8.47. The third kappa shape index (κ3) is 5.45. The highest BCUT2D eigenvalue weighted by Crippen LogP contribution is 2.11. The molecule has 1 N–H and O–H groups in total. The van der Waals surface area contributed by atoms with Crippen LogP contribution in [0.15, 0.2) is 59.5 Å². The van der Waals surface area contributed by atoms with Crippen LogP contribution in [0.3, 0.4) is 0 Å². The lowest BCUT2D eigenvalue weighted by Gasteiger charge is -2.14. The van der Waals surface area contributed by atoms with Crippen molar-refractivity contribution in [2.24, 2.45) is 0 Å². The molecular formula is C19H19NO4S. The molecule has 1 atom stereocenters. The van der Waals surface area contributed by atoms with E-state index in [1.54, 1.807) is 12.1 Å². The monoisotopic (exact) mass is 357 g/mol. The molecule has 130 valence electrons. The summed E-state index contributed by atoms with van der Waals surface area (Å²) in [6.45, 7) is 1.86. The van der Waals surface area contributed by atoms with Crippen molar-refractivity contribution in [1.82, 2.24) is 4.72 Å². The number of carbonyl (C=O) groups is 1. The van der Waals surface area contributed by atoms with E-state index in [4.69, 9.17) is 0 Å². The zero-order chi connectivity index (χ0) is 18.3. The molecule has 1 unspecified atom stereocenters. The predicted octanol–water partition coefficient (Wildman–Crippen LogP) is 2.26. The van der Waals surface area contributed by atoms with Crippen LogP contribution < -0.4 is 4.72 Å². The van der Waals surface area contributed by atoms with Crippen molar-refractivity contribution in [1.29, 1.82) is 0 Å². The smallest absolute Gasteiger partial charge is 0.324 e. The van der Waals surface area contributed by atoms with E-state index in [1.165, 1.54) is 19.2 Å². The Morgan fingerprint density at radius 2 is 1.76 bits per heavy atom. The molecule has 0 saturated heterocycles. The fourth-order valence-electron chi connectivity index (χ4n) is 2.06. The second-order valence-electron chi connectivity index (χ2n) is 5.38. The Hall–Kier alpha value is -2.62. The molecular weight excluding hydrogens is 338 g/mol. The third-order valence-corrected chi connectivity index (χ3v) is 4.91. The molecule has 25 heavy (non-hydrogen) atoms. The van der Waals surface area contributed by atoms with E-state index in [2.05, 4.69) is 21.3 Å². The number of methoxy groups -OCH3 is 1. The second-order valence-corrected chi connectivity index (χ2v) is 7.10. The minimum Gasteiger partial charge on any atom is -0.468 e. The van der Waals surface area contributed by atoms with Gasteiger partial charge in [0.15, 0.2) is 0 Å². The van der Waals surface area contributed by atoms with E-state index in [0.717, 1.165) is 11.1 Å². The van der Waals surface area contributed by atoms with Crippen molar-refractivity contribution >= 4 is 16.0 Å². The third-order valence-electron chi connectivity index (χ3n) is 3.43. The number of benzene rings is 2. The summed E-state index contributed by atoms with van der Waals surface area (Å²) >= 11 is 0. The molecule has 0 aliphatic rings. The first-order chi connectivity index (χ1) is 11.9. The predicted molar refractivity (Wildman–Crippen MR) is 95.2 cm³/mol. The molecule has 0 saturated carbocycles. The average Bonchev–Trinajstić information content (AvgIpc) is 2.61. The summed E-state index contributed by atoms with van der Waals surface area (Å²) in [7, 11) is -2.64. The van der Waals surface area contributed by atoms with Crippen molar-refractivity contribution in [3.8, 4) is 11.8 Å². The maximum atomic E-state index is 12.4. The lowest BCUT2D eigenvalue weighted by atomic mass is 10.2. The van der Waals surface area contributed by atoms with Gasteiger partial charge in [0.25, 0.3) is 0 Å². The Morgan fingerprint density at radius 3 is 2.36 bits per heavy atom. The Balaban J connectivity index is 2.16. The van der Waals surface area contributed by atoms with Gasteiger partial charge >= 0.3 is 5.97 Å². The normalized spacial score (nSPS) is 11.9. The van der Waals surface area contributed by atoms with Gasteiger partial charge < -0.3 is 4.74 Å². The molecule has 0 radical (unpaired) electrons. The van der Waals surface area contributed by atoms with E-state index >= 15 is 0 Å². The van der Waals surface area contributed by atoms with Gasteiger partial charge in [0, 0.05) is 12.0 Å². The fraction of sp³-hybridized carbons (Fsp3) is 0.211. The zero-order valence-electron chi connectivity index (χ0n) is 14.0. The van der Waals surface area contributed by atoms with Crippen LogP contribution in [-0.2, 0) is 19.6 Å². The first kappa shape index (κ1) is 18.7. The molecule has 0 bridgehead atoms. The maximum Gasteiger partial charge on any atom is 0.324 e. The summed E-state index contributed by atoms with van der Waals surface area (Å²) < 4.78 is 31.9. The van der Waals surface area contributed by atoms with Crippen LogP contribution >= 0.6 is 0 Å². The number of hydrogen-bond donors (Lipinski definition) is 1. The molecule has 0 aliphatic heterocycles. The standard InChI is InChI=1S/C19H19NO4S/c1-15-11-13-17(14-12-15)25(22,23)20-18(19(21)24-2)10-6-9-16-7-4-3-5-8-16/h3-5,7-8,11-14,18,20H,10H2,1-2H3. The highest BCUT2D eigenvalue weighted by atomic mass is 32.2. The van der Waals surface area contributed by atoms with Gasteiger partial charge in [0.2, 0.25) is 10.0 Å². The van der Waals surface area contributed by atoms with Gasteiger partial charge in [-0.05, 0) is 31.2 Å². The summed E-state index contributed by atoms with van der Waals surface area (Å²) in [5.41, 5.74) is 1.73. The van der Waals surface area contributed by atoms with Crippen molar-refractivity contribution in [2.45, 2.75) is 24.3 Å². The van der Waals surface area contributed by atoms with E-state index in [9.17, 15) is 13.2 Å². The Kier molecular flexibility index (Phi) is 6.34. The average molecular weight is 357 g/mol. The van der Waals surface area contributed by atoms with Crippen molar-refractivity contribution in [3.63, 3.8) is 0 Å². The molecule has 6 heteroatoms. The van der Waals surface area contributed by atoms with E-state index in [0.29, 0.717) is 0 Å². The van der Waals surface area contributed by atoms with Gasteiger partial charge in [0.1, 0.15) is 6.04 Å². The zero-order valence-corrected chi connectivity index (χ0v) is 14.8. The minimum absolute atomic E-state index is 0.00661. The molecule has 2 aromatic rings. The molecule has 0 aliphatic carbocycles. The van der Waals surface area contributed by atoms with Gasteiger partial charge in [-0.1, -0.05) is 47.7 Å². The van der Waals surface area contributed by atoms with E-state index in [1.807, 2.05) is 37.3 Å². The quantitative estimate of drug-likeness (QED) is 0.658. The van der Waals surface area contributed by atoms with Crippen LogP contribution in [0.1, 0.15) is 17.5 Å². The van der Waals surface area contributed by atoms with Crippen LogP contribution in [0.4, 0.5) is 0 Å². The number of ether oxygens (including phenoxy) is 1. The maximum absolute atomic E-state index is 12.4. The van der Waals surface area contributed by atoms with Crippen LogP contribution in [-0.4, -0.2) is 27.5 Å². The Labute approximate surface area is 148 Å². The number of hydrogen-bond acceptors (Lipinski definition) is 4. The highest BCUT2D eigenvalue weighted by Gasteiger charge is 2.25. The summed E-state index contributed by atoms with van der Waals surface area (Å²) in [4.78, 5) is 12.0. The molecule has 0 aromatic heterocycles. The molecule has 2 aromatic carbocycles. The van der Waals surface area contributed by atoms with E-state index in [-0.39, 0.29) is 11.3 Å². The molecule has 0 spiro atoms. The SMILES string of the molecule is COC(=O)C(CC#Cc1ccccc1)NS(=O)(=O)c1ccc(C)cc1. The first-order valence-electron chi connectivity index (χ1n) is 7.63. The molecule has 0 heterocycles. The van der Waals surface area contributed by atoms with Gasteiger partial charge in [-0.3, -0.25) is 4.79 Å². The number of esters is 1. The number of carbonyl (C=O) groups excluding carboxylic acids is 1. The largest absolute Gasteiger partial charge is 0.468 e. The summed E-state index contributed by atoms with van der Waals surface area (Å²) in [6.07, 6.45) is 0.00661. The van der Waals surface area contributed by atoms with Crippen LogP contribution in [0.2, 0.25) is 0 Å². The number of sulfonamides is 1. The number of rotatable bonds is 5. The number of aryl methyl sites for hydroxylation is 1. The number of nitrogens with one attached hydrogen (secondary N) is 1. The van der Waals surface area contributed by atoms with Crippen LogP contribution in [0.25, 0.3) is 0 Å². The first-order valence-corrected chi connectivity index (χ1v) is 9.11. The summed E-state index contributed by atoms with van der Waals surface area (Å²) in [6, 6.07) is 14.5. The Morgan fingerprint density at radius 1 is 1.12 bits per heavy atom. The Bertz CT molecular complexity index is 879. The summed E-state index contributed by atoms with van der Waals surface area (Å²) in [5, 5.41) is 0. The fourth-order valence-corrected chi connectivity index (χ4v) is 3.25. The topological polar surface area (TPSA) is 72.5 Å². The van der Waals surface area contributed by atoms with Gasteiger partial charge in [0.05, 0.1) is 12.0 Å². The van der Waals surface area contributed by atoms with Crippen LogP contribution in [0.5, 0.6) is 0 Å². The van der Waals surface area contributed by atoms with Crippen LogP contribution in [0, 0.1) is 18.8 Å². The minimum atomic E-state index is -3.85. The summed E-state index contributed by atoms with van der Waals surface area (Å²) in [5.74, 6) is 5.03. The van der Waals surface area contributed by atoms with Crippen molar-refractivity contribution in [2.75, 3.05) is 7.11 Å². The molecule has 5 nitrogen and oxygen atoms in total. The van der Waals surface area contributed by atoms with E-state index < -0.39 is 22.0 Å². The van der Waals surface area contributed by atoms with Gasteiger partial charge in [-0.2, -0.15) is 4.72 Å². The molecule has 0 amide bonds. The lowest BCUT2D eigenvalue weighted by molar-refractivity contribution is -0.142. The molecule has 2 rings (SSSR count). The molecule has 0 fully saturated rings. The van der Waals surface area contributed by atoms with Crippen molar-refractivity contribution < 1.29 is 17.9 Å².